The summed E-state index contributed by atoms with van der Waals surface area (Å²) in [5, 5.41) is 11.1. The molecule has 0 spiro atoms. The van der Waals surface area contributed by atoms with Crippen LogP contribution in [0.1, 0.15) is 19.8 Å². The van der Waals surface area contributed by atoms with Crippen LogP contribution < -0.4 is 4.80 Å². The summed E-state index contributed by atoms with van der Waals surface area (Å²) in [5.74, 6) is -3.93. The number of aromatic nitrogens is 1. The van der Waals surface area contributed by atoms with Gasteiger partial charge in [0.15, 0.2) is 14.6 Å². The predicted molar refractivity (Wildman–Crippen MR) is 118 cm³/mol. The fourth-order valence-electron chi connectivity index (χ4n) is 3.37. The van der Waals surface area contributed by atoms with Gasteiger partial charge >= 0.3 is 5.97 Å². The van der Waals surface area contributed by atoms with E-state index in [0.29, 0.717) is 23.3 Å². The highest BCUT2D eigenvalue weighted by atomic mass is 32.2. The minimum Gasteiger partial charge on any atom is -0.465 e. The molecule has 1 aromatic carbocycles. The minimum atomic E-state index is -4.05. The summed E-state index contributed by atoms with van der Waals surface area (Å²) in [7, 11) is -4.05. The molecular weight excluding hydrogens is 476 g/mol. The smallest absolute Gasteiger partial charge is 0.326 e. The van der Waals surface area contributed by atoms with Crippen molar-refractivity contribution in [2.24, 2.45) is 4.99 Å². The number of hydrogen-bond donors (Lipinski definition) is 0. The van der Waals surface area contributed by atoms with Gasteiger partial charge in [-0.25, -0.2) is 8.42 Å². The molecule has 1 aliphatic rings. The first-order valence-corrected chi connectivity index (χ1v) is 12.7. The molecule has 1 aromatic heterocycles. The number of amides is 2. The number of nitrogens with zero attached hydrogens (tertiary/aromatic N) is 4. The molecule has 14 heteroatoms. The van der Waals surface area contributed by atoms with E-state index in [9.17, 15) is 32.9 Å². The molecule has 0 bridgehead atoms. The average Bonchev–Trinajstić information content (AvgIpc) is 3.36. The Hall–Kier alpha value is -3.13. The van der Waals surface area contributed by atoms with Gasteiger partial charge in [0.1, 0.15) is 18.1 Å². The molecule has 178 valence electrons. The minimum absolute atomic E-state index is 0.00961. The fraction of sp³-hybridized carbons (Fsp3) is 0.474. The molecule has 1 saturated heterocycles. The molecule has 0 N–H and O–H groups in total. The number of carbonyl (C=O) groups is 3. The summed E-state index contributed by atoms with van der Waals surface area (Å²) in [6, 6.07) is 3.94. The molecule has 2 aromatic rings. The summed E-state index contributed by atoms with van der Waals surface area (Å²) in [5.41, 5.74) is 0.213. The van der Waals surface area contributed by atoms with Crippen LogP contribution in [0.15, 0.2) is 23.2 Å². The largest absolute Gasteiger partial charge is 0.465 e. The van der Waals surface area contributed by atoms with Crippen LogP contribution in [0.3, 0.4) is 0 Å². The van der Waals surface area contributed by atoms with Crippen molar-refractivity contribution >= 4 is 54.9 Å². The van der Waals surface area contributed by atoms with Gasteiger partial charge < -0.3 is 14.2 Å². The lowest BCUT2D eigenvalue weighted by atomic mass is 10.3. The maximum atomic E-state index is 12.4. The predicted octanol–water partition coefficient (Wildman–Crippen LogP) is 0.639. The zero-order valence-corrected chi connectivity index (χ0v) is 19.4. The highest BCUT2D eigenvalue weighted by Gasteiger charge is 2.26. The van der Waals surface area contributed by atoms with E-state index < -0.39 is 44.0 Å². The number of non-ortho nitro benzene ring substituents is 1. The van der Waals surface area contributed by atoms with Crippen molar-refractivity contribution in [3.05, 3.63) is 33.1 Å². The first kappa shape index (κ1) is 24.5. The van der Waals surface area contributed by atoms with Gasteiger partial charge in [0, 0.05) is 25.2 Å². The molecule has 33 heavy (non-hydrogen) atoms. The van der Waals surface area contributed by atoms with Crippen LogP contribution >= 0.6 is 11.3 Å². The Balaban J connectivity index is 1.90. The number of likely N-dealkylation sites (tertiary alicyclic amines) is 1. The lowest BCUT2D eigenvalue weighted by molar-refractivity contribution is -0.384. The maximum Gasteiger partial charge on any atom is 0.326 e. The third-order valence-electron chi connectivity index (χ3n) is 4.84. The van der Waals surface area contributed by atoms with E-state index in [4.69, 9.17) is 4.74 Å². The van der Waals surface area contributed by atoms with Crippen molar-refractivity contribution in [3.8, 4) is 0 Å². The number of benzene rings is 1. The molecule has 1 fully saturated rings. The Kier molecular flexibility index (Phi) is 7.58. The van der Waals surface area contributed by atoms with Crippen LogP contribution in [0.25, 0.3) is 10.2 Å². The van der Waals surface area contributed by atoms with Crippen LogP contribution in [-0.4, -0.2) is 71.8 Å². The number of hydrogen-bond acceptors (Lipinski definition) is 9. The van der Waals surface area contributed by atoms with E-state index in [2.05, 4.69) is 4.99 Å². The average molecular weight is 499 g/mol. The Labute approximate surface area is 192 Å². The van der Waals surface area contributed by atoms with Crippen molar-refractivity contribution in [1.29, 1.82) is 0 Å². The lowest BCUT2D eigenvalue weighted by Gasteiger charge is -2.14. The molecule has 0 aliphatic carbocycles. The molecule has 0 atom stereocenters. The summed E-state index contributed by atoms with van der Waals surface area (Å²) in [6.07, 6.45) is 1.62. The molecule has 1 aliphatic heterocycles. The van der Waals surface area contributed by atoms with Gasteiger partial charge in [0.05, 0.1) is 21.7 Å². The molecular formula is C19H22N4O8S2. The van der Waals surface area contributed by atoms with E-state index in [1.807, 2.05) is 0 Å². The fourth-order valence-corrected chi connectivity index (χ4v) is 5.55. The number of nitro groups is 1. The van der Waals surface area contributed by atoms with Crippen LogP contribution in [0, 0.1) is 10.1 Å². The van der Waals surface area contributed by atoms with Crippen molar-refractivity contribution in [3.63, 3.8) is 0 Å². The highest BCUT2D eigenvalue weighted by Crippen LogP contribution is 2.23. The SMILES string of the molecule is CCOC(=O)Cn1c(=NC(=O)CS(=O)(=O)CC(=O)N2CCCC2)sc2cc([N+](=O)[O-])ccc21. The van der Waals surface area contributed by atoms with Gasteiger partial charge in [-0.1, -0.05) is 11.3 Å². The number of fused-ring (bicyclic) bond motifs is 1. The zero-order chi connectivity index (χ0) is 24.2. The van der Waals surface area contributed by atoms with E-state index in [1.54, 1.807) is 6.92 Å². The number of carbonyl (C=O) groups excluding carboxylic acids is 3. The van der Waals surface area contributed by atoms with Crippen molar-refractivity contribution in [2.45, 2.75) is 26.3 Å². The number of thiazole rings is 1. The van der Waals surface area contributed by atoms with Crippen LogP contribution in [0.4, 0.5) is 5.69 Å². The topological polar surface area (TPSA) is 158 Å². The second kappa shape index (κ2) is 10.2. The first-order chi connectivity index (χ1) is 15.6. The molecule has 0 saturated carbocycles. The zero-order valence-electron chi connectivity index (χ0n) is 17.8. The van der Waals surface area contributed by atoms with Crippen molar-refractivity contribution in [2.75, 3.05) is 31.2 Å². The summed E-state index contributed by atoms with van der Waals surface area (Å²) >= 11 is 0.897. The first-order valence-electron chi connectivity index (χ1n) is 10.1. The van der Waals surface area contributed by atoms with E-state index in [1.165, 1.54) is 27.7 Å². The second-order valence-corrected chi connectivity index (χ2v) is 10.4. The summed E-state index contributed by atoms with van der Waals surface area (Å²) in [6.45, 7) is 2.42. The molecule has 0 radical (unpaired) electrons. The third-order valence-corrected chi connectivity index (χ3v) is 7.25. The molecule has 0 unspecified atom stereocenters. The lowest BCUT2D eigenvalue weighted by Crippen LogP contribution is -2.35. The quantitative estimate of drug-likeness (QED) is 0.291. The van der Waals surface area contributed by atoms with Crippen LogP contribution in [0.2, 0.25) is 0 Å². The van der Waals surface area contributed by atoms with Gasteiger partial charge in [0.25, 0.3) is 11.6 Å². The van der Waals surface area contributed by atoms with Crippen molar-refractivity contribution in [1.82, 2.24) is 9.47 Å². The standard InChI is InChI=1S/C19H22N4O8S2/c1-2-31-18(26)10-22-14-6-5-13(23(27)28)9-15(14)32-19(22)20-16(24)11-33(29,30)12-17(25)21-7-3-4-8-21/h5-6,9H,2-4,7-8,10-12H2,1H3. The Morgan fingerprint density at radius 3 is 2.55 bits per heavy atom. The second-order valence-electron chi connectivity index (χ2n) is 7.31. The third kappa shape index (κ3) is 6.22. The highest BCUT2D eigenvalue weighted by molar-refractivity contribution is 7.92. The van der Waals surface area contributed by atoms with E-state index in [-0.39, 0.29) is 23.6 Å². The van der Waals surface area contributed by atoms with Gasteiger partial charge in [-0.3, -0.25) is 24.5 Å². The van der Waals surface area contributed by atoms with E-state index in [0.717, 1.165) is 24.2 Å². The molecule has 3 rings (SSSR count). The van der Waals surface area contributed by atoms with Gasteiger partial charge in [-0.15, -0.1) is 0 Å². The molecule has 2 amide bonds. The Morgan fingerprint density at radius 1 is 1.21 bits per heavy atom. The normalized spacial score (nSPS) is 14.6. The van der Waals surface area contributed by atoms with Gasteiger partial charge in [-0.05, 0) is 25.8 Å². The van der Waals surface area contributed by atoms with Gasteiger partial charge in [-0.2, -0.15) is 4.99 Å². The Bertz CT molecular complexity index is 1270. The number of sulfone groups is 1. The number of nitro benzene ring substituents is 1. The summed E-state index contributed by atoms with van der Waals surface area (Å²) in [4.78, 5) is 52.4. The van der Waals surface area contributed by atoms with Crippen molar-refractivity contribution < 1.29 is 32.5 Å². The maximum absolute atomic E-state index is 12.4. The molecule has 12 nitrogen and oxygen atoms in total. The van der Waals surface area contributed by atoms with Gasteiger partial charge in [0.2, 0.25) is 5.91 Å². The summed E-state index contributed by atoms with van der Waals surface area (Å²) < 4.78 is 31.4. The monoisotopic (exact) mass is 498 g/mol. The Morgan fingerprint density at radius 2 is 1.91 bits per heavy atom. The number of rotatable bonds is 8. The van der Waals surface area contributed by atoms with Crippen LogP contribution in [-0.2, 0) is 35.5 Å². The number of esters is 1. The molecule has 2 heterocycles. The number of ether oxygens (including phenoxy) is 1. The van der Waals surface area contributed by atoms with Crippen LogP contribution in [0.5, 0.6) is 0 Å². The van der Waals surface area contributed by atoms with E-state index >= 15 is 0 Å².